The van der Waals surface area contributed by atoms with E-state index in [0.29, 0.717) is 37.6 Å². The number of aromatic nitrogens is 2. The van der Waals surface area contributed by atoms with Crippen LogP contribution in [0.15, 0.2) is 72.0 Å². The van der Waals surface area contributed by atoms with Gasteiger partial charge in [0.1, 0.15) is 0 Å². The molecule has 8 nitrogen and oxygen atoms in total. The average molecular weight is 525 g/mol. The number of hydrogen-bond acceptors (Lipinski definition) is 6. The lowest BCUT2D eigenvalue weighted by Gasteiger charge is -2.30. The van der Waals surface area contributed by atoms with Crippen molar-refractivity contribution in [3.63, 3.8) is 0 Å². The van der Waals surface area contributed by atoms with Crippen molar-refractivity contribution in [1.29, 1.82) is 0 Å². The monoisotopic (exact) mass is 524 g/mol. The lowest BCUT2D eigenvalue weighted by Crippen LogP contribution is -2.43. The molecule has 0 atom stereocenters. The molecule has 0 unspecified atom stereocenters. The minimum Gasteiger partial charge on any atom is -0.379 e. The summed E-state index contributed by atoms with van der Waals surface area (Å²) in [6.45, 7) is 9.15. The molecule has 0 N–H and O–H groups in total. The molecule has 0 bridgehead atoms. The Morgan fingerprint density at radius 1 is 1.03 bits per heavy atom. The number of rotatable bonds is 11. The summed E-state index contributed by atoms with van der Waals surface area (Å²) < 4.78 is 34.1. The van der Waals surface area contributed by atoms with Crippen LogP contribution in [0, 0.1) is 5.92 Å². The fraction of sp³-hybridized carbons (Fsp3) is 0.429. The molecule has 3 aromatic rings. The summed E-state index contributed by atoms with van der Waals surface area (Å²) in [7, 11) is -3.68. The number of nitrogens with zero attached hydrogens (tertiary/aromatic N) is 4. The second kappa shape index (κ2) is 12.5. The summed E-state index contributed by atoms with van der Waals surface area (Å²) in [6, 6.07) is 18.3. The predicted molar refractivity (Wildman–Crippen MR) is 143 cm³/mol. The normalized spacial score (nSPS) is 14.7. The van der Waals surface area contributed by atoms with E-state index in [1.807, 2.05) is 62.4 Å². The van der Waals surface area contributed by atoms with Crippen molar-refractivity contribution in [1.82, 2.24) is 19.4 Å². The Hall–Kier alpha value is -3.01. The molecule has 0 aliphatic carbocycles. The summed E-state index contributed by atoms with van der Waals surface area (Å²) in [5, 5.41) is 0.0559. The molecule has 1 aromatic heterocycles. The highest BCUT2D eigenvalue weighted by Gasteiger charge is 2.26. The Morgan fingerprint density at radius 2 is 1.68 bits per heavy atom. The number of benzene rings is 2. The van der Waals surface area contributed by atoms with Gasteiger partial charge in [-0.1, -0.05) is 62.4 Å². The fourth-order valence-electron chi connectivity index (χ4n) is 4.48. The molecular formula is C28H36N4O4S. The Kier molecular flexibility index (Phi) is 9.13. The minimum absolute atomic E-state index is 0.0559. The van der Waals surface area contributed by atoms with Gasteiger partial charge in [-0.2, -0.15) is 0 Å². The van der Waals surface area contributed by atoms with Crippen LogP contribution < -0.4 is 0 Å². The van der Waals surface area contributed by atoms with Crippen LogP contribution in [0.1, 0.15) is 35.5 Å². The minimum atomic E-state index is -3.68. The van der Waals surface area contributed by atoms with Gasteiger partial charge in [0.15, 0.2) is 0 Å². The molecular weight excluding hydrogens is 488 g/mol. The maximum atomic E-state index is 13.5. The van der Waals surface area contributed by atoms with Gasteiger partial charge in [-0.15, -0.1) is 0 Å². The lowest BCUT2D eigenvalue weighted by atomic mass is 10.2. The number of imidazole rings is 1. The van der Waals surface area contributed by atoms with Crippen LogP contribution in [0.4, 0.5) is 0 Å². The maximum absolute atomic E-state index is 13.5. The van der Waals surface area contributed by atoms with E-state index >= 15 is 0 Å². The van der Waals surface area contributed by atoms with Gasteiger partial charge < -0.3 is 14.2 Å². The zero-order chi connectivity index (χ0) is 26.3. The van der Waals surface area contributed by atoms with E-state index in [-0.39, 0.29) is 29.3 Å². The Labute approximate surface area is 219 Å². The number of ether oxygens (including phenoxy) is 1. The van der Waals surface area contributed by atoms with Gasteiger partial charge in [-0.25, -0.2) is 13.4 Å². The molecule has 2 aromatic carbocycles. The standard InChI is InChI=1S/C28H36N4O4S/c1-23(2)20-32-26(19-29-28(32)37(34,35)22-24-9-5-3-6-10-24)21-31(14-13-30-15-17-36-18-16-30)27(33)25-11-7-4-8-12-25/h3-12,19,23H,13-18,20-22H2,1-2H3. The molecule has 0 spiro atoms. The van der Waals surface area contributed by atoms with E-state index in [4.69, 9.17) is 4.74 Å². The summed E-state index contributed by atoms with van der Waals surface area (Å²) >= 11 is 0. The van der Waals surface area contributed by atoms with Crippen molar-refractivity contribution in [2.75, 3.05) is 39.4 Å². The molecule has 0 saturated carbocycles. The highest BCUT2D eigenvalue weighted by molar-refractivity contribution is 7.90. The van der Waals surface area contributed by atoms with Crippen LogP contribution >= 0.6 is 0 Å². The maximum Gasteiger partial charge on any atom is 0.254 e. The van der Waals surface area contributed by atoms with Gasteiger partial charge in [0.2, 0.25) is 15.0 Å². The molecule has 1 fully saturated rings. The molecule has 1 aliphatic heterocycles. The van der Waals surface area contributed by atoms with E-state index in [0.717, 1.165) is 25.2 Å². The smallest absolute Gasteiger partial charge is 0.254 e. The first-order valence-corrected chi connectivity index (χ1v) is 14.4. The SMILES string of the molecule is CC(C)Cn1c(CN(CCN2CCOCC2)C(=O)c2ccccc2)cnc1S(=O)(=O)Cc1ccccc1. The molecule has 0 radical (unpaired) electrons. The van der Waals surface area contributed by atoms with Gasteiger partial charge in [0.25, 0.3) is 5.91 Å². The first-order valence-electron chi connectivity index (χ1n) is 12.8. The van der Waals surface area contributed by atoms with Crippen molar-refractivity contribution < 1.29 is 17.9 Å². The van der Waals surface area contributed by atoms with Gasteiger partial charge in [-0.05, 0) is 23.6 Å². The van der Waals surface area contributed by atoms with Gasteiger partial charge in [0, 0.05) is 38.3 Å². The summed E-state index contributed by atoms with van der Waals surface area (Å²) in [5.41, 5.74) is 2.04. The van der Waals surface area contributed by atoms with Gasteiger partial charge in [-0.3, -0.25) is 9.69 Å². The zero-order valence-corrected chi connectivity index (χ0v) is 22.4. The molecule has 1 aliphatic rings. The van der Waals surface area contributed by atoms with Gasteiger partial charge in [0.05, 0.1) is 37.4 Å². The highest BCUT2D eigenvalue weighted by Crippen LogP contribution is 2.21. The van der Waals surface area contributed by atoms with Crippen LogP contribution in [0.5, 0.6) is 0 Å². The number of amides is 1. The van der Waals surface area contributed by atoms with Crippen LogP contribution in [-0.2, 0) is 33.4 Å². The molecule has 37 heavy (non-hydrogen) atoms. The zero-order valence-electron chi connectivity index (χ0n) is 21.6. The Morgan fingerprint density at radius 3 is 2.32 bits per heavy atom. The van der Waals surface area contributed by atoms with Crippen molar-refractivity contribution in [2.45, 2.75) is 37.8 Å². The second-order valence-corrected chi connectivity index (χ2v) is 11.7. The fourth-order valence-corrected chi connectivity index (χ4v) is 5.98. The van der Waals surface area contributed by atoms with Crippen LogP contribution in [-0.4, -0.2) is 73.1 Å². The number of hydrogen-bond donors (Lipinski definition) is 0. The van der Waals surface area contributed by atoms with E-state index in [1.165, 1.54) is 0 Å². The largest absolute Gasteiger partial charge is 0.379 e. The summed E-state index contributed by atoms with van der Waals surface area (Å²) in [6.07, 6.45) is 1.61. The van der Waals surface area contributed by atoms with Crippen molar-refractivity contribution in [3.8, 4) is 0 Å². The molecule has 2 heterocycles. The van der Waals surface area contributed by atoms with Crippen molar-refractivity contribution in [3.05, 3.63) is 83.7 Å². The van der Waals surface area contributed by atoms with Crippen molar-refractivity contribution in [2.24, 2.45) is 5.92 Å². The van der Waals surface area contributed by atoms with Gasteiger partial charge >= 0.3 is 0 Å². The Bertz CT molecular complexity index is 1250. The highest BCUT2D eigenvalue weighted by atomic mass is 32.2. The predicted octanol–water partition coefficient (Wildman–Crippen LogP) is 3.49. The average Bonchev–Trinajstić information content (AvgIpc) is 3.30. The number of morpholine rings is 1. The third-order valence-electron chi connectivity index (χ3n) is 6.38. The molecule has 1 saturated heterocycles. The molecule has 9 heteroatoms. The third-order valence-corrected chi connectivity index (χ3v) is 7.97. The van der Waals surface area contributed by atoms with Crippen LogP contribution in [0.3, 0.4) is 0 Å². The molecule has 198 valence electrons. The van der Waals surface area contributed by atoms with Crippen molar-refractivity contribution >= 4 is 15.7 Å². The van der Waals surface area contributed by atoms with E-state index in [1.54, 1.807) is 27.8 Å². The summed E-state index contributed by atoms with van der Waals surface area (Å²) in [5.74, 6) is -0.00314. The second-order valence-electron chi connectivity index (χ2n) is 9.83. The summed E-state index contributed by atoms with van der Waals surface area (Å²) in [4.78, 5) is 22.0. The number of carbonyl (C=O) groups excluding carboxylic acids is 1. The number of carbonyl (C=O) groups is 1. The molecule has 1 amide bonds. The van der Waals surface area contributed by atoms with E-state index in [9.17, 15) is 13.2 Å². The van der Waals surface area contributed by atoms with Crippen LogP contribution in [0.25, 0.3) is 0 Å². The third kappa shape index (κ3) is 7.28. The van der Waals surface area contributed by atoms with E-state index in [2.05, 4.69) is 9.88 Å². The first kappa shape index (κ1) is 27.0. The van der Waals surface area contributed by atoms with E-state index < -0.39 is 9.84 Å². The topological polar surface area (TPSA) is 84.7 Å². The quantitative estimate of drug-likeness (QED) is 0.382. The Balaban J connectivity index is 1.62. The molecule has 4 rings (SSSR count). The van der Waals surface area contributed by atoms with Crippen LogP contribution in [0.2, 0.25) is 0 Å². The lowest BCUT2D eigenvalue weighted by molar-refractivity contribution is 0.0319. The first-order chi connectivity index (χ1) is 17.8. The number of sulfone groups is 1.